The summed E-state index contributed by atoms with van der Waals surface area (Å²) in [5, 5.41) is 0. The van der Waals surface area contributed by atoms with Crippen molar-refractivity contribution >= 4 is 0 Å². The van der Waals surface area contributed by atoms with Crippen LogP contribution in [0.25, 0.3) is 0 Å². The summed E-state index contributed by atoms with van der Waals surface area (Å²) in [5.41, 5.74) is 6.03. The van der Waals surface area contributed by atoms with Crippen LogP contribution in [0.15, 0.2) is 49.2 Å². The Morgan fingerprint density at radius 1 is 1.22 bits per heavy atom. The molecule has 2 N–H and O–H groups in total. The third-order valence-electron chi connectivity index (χ3n) is 0.772. The molecule has 0 aliphatic heterocycles. The molecule has 0 rings (SSSR count). The van der Waals surface area contributed by atoms with Gasteiger partial charge in [-0.3, -0.25) is 0 Å². The number of rotatable bonds is 3. The average molecular weight is 121 g/mol. The van der Waals surface area contributed by atoms with Gasteiger partial charge in [0, 0.05) is 5.70 Å². The molecule has 0 aromatic carbocycles. The Bertz CT molecular complexity index is 152. The Morgan fingerprint density at radius 3 is 2.33 bits per heavy atom. The minimum absolute atomic E-state index is 0.660. The summed E-state index contributed by atoms with van der Waals surface area (Å²) in [6.45, 7) is 6.99. The molecule has 0 saturated heterocycles. The van der Waals surface area contributed by atoms with Gasteiger partial charge >= 0.3 is 0 Å². The lowest BCUT2D eigenvalue weighted by Gasteiger charge is -1.83. The molecule has 0 aliphatic carbocycles. The molecular formula is C8H11N. The van der Waals surface area contributed by atoms with Crippen LogP contribution in [-0.4, -0.2) is 0 Å². The first-order valence-corrected chi connectivity index (χ1v) is 2.68. The molecule has 0 amide bonds. The molecule has 0 aliphatic rings. The van der Waals surface area contributed by atoms with Crippen LogP contribution in [0.2, 0.25) is 0 Å². The third-order valence-corrected chi connectivity index (χ3v) is 0.772. The van der Waals surface area contributed by atoms with E-state index < -0.39 is 0 Å². The maximum atomic E-state index is 5.37. The van der Waals surface area contributed by atoms with Crippen molar-refractivity contribution in [1.29, 1.82) is 0 Å². The van der Waals surface area contributed by atoms with Gasteiger partial charge in [-0.25, -0.2) is 0 Å². The van der Waals surface area contributed by atoms with E-state index in [0.29, 0.717) is 5.70 Å². The lowest BCUT2D eigenvalue weighted by Crippen LogP contribution is -1.89. The highest BCUT2D eigenvalue weighted by Gasteiger charge is 1.71. The van der Waals surface area contributed by atoms with Crippen molar-refractivity contribution in [2.45, 2.75) is 0 Å². The van der Waals surface area contributed by atoms with Crippen LogP contribution in [0, 0.1) is 0 Å². The van der Waals surface area contributed by atoms with Crippen LogP contribution in [0.5, 0.6) is 0 Å². The maximum Gasteiger partial charge on any atom is 0.0308 e. The van der Waals surface area contributed by atoms with E-state index in [0.717, 1.165) is 0 Å². The number of nitrogens with two attached hydrogens (primary N) is 1. The quantitative estimate of drug-likeness (QED) is 0.566. The second kappa shape index (κ2) is 4.91. The molecule has 0 radical (unpaired) electrons. The Kier molecular flexibility index (Phi) is 4.23. The molecule has 1 heteroatoms. The summed E-state index contributed by atoms with van der Waals surface area (Å²) in [6, 6.07) is 0. The fourth-order valence-electron chi connectivity index (χ4n) is 0.313. The highest BCUT2D eigenvalue weighted by atomic mass is 14.5. The standard InChI is InChI=1S/C8H11N/c1-3-5-6-7-8(9)4-2/h3-7H,1-2,9H2/b6-5-,8-7-. The monoisotopic (exact) mass is 121 g/mol. The molecule has 1 nitrogen and oxygen atoms in total. The van der Waals surface area contributed by atoms with Crippen molar-refractivity contribution in [3.8, 4) is 0 Å². The van der Waals surface area contributed by atoms with Crippen LogP contribution in [0.3, 0.4) is 0 Å². The van der Waals surface area contributed by atoms with Crippen LogP contribution in [0.1, 0.15) is 0 Å². The van der Waals surface area contributed by atoms with E-state index in [-0.39, 0.29) is 0 Å². The lowest BCUT2D eigenvalue weighted by molar-refractivity contribution is 1.43. The summed E-state index contributed by atoms with van der Waals surface area (Å²) in [6.07, 6.45) is 8.65. The first-order valence-electron chi connectivity index (χ1n) is 2.68. The zero-order chi connectivity index (χ0) is 7.11. The summed E-state index contributed by atoms with van der Waals surface area (Å²) < 4.78 is 0. The number of allylic oxidation sites excluding steroid dienone is 5. The van der Waals surface area contributed by atoms with Gasteiger partial charge in [-0.1, -0.05) is 31.4 Å². The van der Waals surface area contributed by atoms with Gasteiger partial charge in [0.25, 0.3) is 0 Å². The van der Waals surface area contributed by atoms with E-state index in [1.54, 1.807) is 24.3 Å². The number of hydrogen-bond acceptors (Lipinski definition) is 1. The fourth-order valence-corrected chi connectivity index (χ4v) is 0.313. The molecule has 0 unspecified atom stereocenters. The van der Waals surface area contributed by atoms with Gasteiger partial charge in [0.15, 0.2) is 0 Å². The minimum Gasteiger partial charge on any atom is -0.399 e. The summed E-state index contributed by atoms with van der Waals surface area (Å²) >= 11 is 0. The third kappa shape index (κ3) is 4.62. The van der Waals surface area contributed by atoms with E-state index >= 15 is 0 Å². The minimum atomic E-state index is 0.660. The predicted octanol–water partition coefficient (Wildman–Crippen LogP) is 1.76. The van der Waals surface area contributed by atoms with E-state index in [1.165, 1.54) is 0 Å². The second-order valence-corrected chi connectivity index (χ2v) is 1.49. The Hall–Kier alpha value is -1.24. The molecule has 0 aromatic heterocycles. The van der Waals surface area contributed by atoms with Gasteiger partial charge in [-0.2, -0.15) is 0 Å². The van der Waals surface area contributed by atoms with Gasteiger partial charge in [0.2, 0.25) is 0 Å². The maximum absolute atomic E-state index is 5.37. The molecule has 9 heavy (non-hydrogen) atoms. The van der Waals surface area contributed by atoms with Crippen LogP contribution in [-0.2, 0) is 0 Å². The zero-order valence-electron chi connectivity index (χ0n) is 5.38. The average Bonchev–Trinajstić information content (AvgIpc) is 1.89. The van der Waals surface area contributed by atoms with Crippen molar-refractivity contribution in [1.82, 2.24) is 0 Å². The molecule has 0 fully saturated rings. The molecule has 0 atom stereocenters. The number of hydrogen-bond donors (Lipinski definition) is 1. The Morgan fingerprint density at radius 2 is 1.89 bits per heavy atom. The Balaban J connectivity index is 3.81. The molecular weight excluding hydrogens is 110 g/mol. The molecule has 48 valence electrons. The van der Waals surface area contributed by atoms with Crippen molar-refractivity contribution < 1.29 is 0 Å². The molecule has 0 bridgehead atoms. The van der Waals surface area contributed by atoms with Crippen molar-refractivity contribution in [3.05, 3.63) is 49.2 Å². The lowest BCUT2D eigenvalue weighted by atomic mass is 10.4. The van der Waals surface area contributed by atoms with E-state index in [4.69, 9.17) is 5.73 Å². The van der Waals surface area contributed by atoms with E-state index in [1.807, 2.05) is 6.08 Å². The van der Waals surface area contributed by atoms with E-state index in [9.17, 15) is 0 Å². The highest BCUT2D eigenvalue weighted by Crippen LogP contribution is 1.84. The smallest absolute Gasteiger partial charge is 0.0308 e. The topological polar surface area (TPSA) is 26.0 Å². The van der Waals surface area contributed by atoms with Gasteiger partial charge in [0.1, 0.15) is 0 Å². The first-order chi connectivity index (χ1) is 4.31. The van der Waals surface area contributed by atoms with Gasteiger partial charge in [-0.15, -0.1) is 0 Å². The van der Waals surface area contributed by atoms with Gasteiger partial charge in [0.05, 0.1) is 0 Å². The van der Waals surface area contributed by atoms with Gasteiger partial charge < -0.3 is 5.73 Å². The van der Waals surface area contributed by atoms with Crippen LogP contribution < -0.4 is 5.73 Å². The van der Waals surface area contributed by atoms with Crippen molar-refractivity contribution in [2.24, 2.45) is 5.73 Å². The summed E-state index contributed by atoms with van der Waals surface area (Å²) in [4.78, 5) is 0. The molecule has 0 aromatic rings. The van der Waals surface area contributed by atoms with Crippen molar-refractivity contribution in [2.75, 3.05) is 0 Å². The van der Waals surface area contributed by atoms with Gasteiger partial charge in [-0.05, 0) is 12.2 Å². The molecule has 0 heterocycles. The predicted molar refractivity (Wildman–Crippen MR) is 41.8 cm³/mol. The van der Waals surface area contributed by atoms with E-state index in [2.05, 4.69) is 13.2 Å². The van der Waals surface area contributed by atoms with Crippen LogP contribution >= 0.6 is 0 Å². The normalized spacial score (nSPS) is 11.8. The first kappa shape index (κ1) is 7.76. The molecule has 0 spiro atoms. The Labute approximate surface area is 55.9 Å². The van der Waals surface area contributed by atoms with Crippen LogP contribution in [0.4, 0.5) is 0 Å². The van der Waals surface area contributed by atoms with Crippen molar-refractivity contribution in [3.63, 3.8) is 0 Å². The second-order valence-electron chi connectivity index (χ2n) is 1.49. The highest BCUT2D eigenvalue weighted by molar-refractivity contribution is 5.20. The largest absolute Gasteiger partial charge is 0.399 e. The zero-order valence-corrected chi connectivity index (χ0v) is 5.38. The molecule has 0 saturated carbocycles. The fraction of sp³-hybridized carbons (Fsp3) is 0. The SMILES string of the molecule is C=C/C=C\C=C(/N)C=C. The summed E-state index contributed by atoms with van der Waals surface area (Å²) in [7, 11) is 0. The summed E-state index contributed by atoms with van der Waals surface area (Å²) in [5.74, 6) is 0.